The van der Waals surface area contributed by atoms with E-state index in [-0.39, 0.29) is 6.04 Å². The first-order valence-corrected chi connectivity index (χ1v) is 10.6. The molecule has 7 heteroatoms. The summed E-state index contributed by atoms with van der Waals surface area (Å²) in [4.78, 5) is 4.31. The molecule has 0 spiro atoms. The zero-order valence-electron chi connectivity index (χ0n) is 15.6. The van der Waals surface area contributed by atoms with Gasteiger partial charge in [-0.05, 0) is 43.7 Å². The van der Waals surface area contributed by atoms with Crippen molar-refractivity contribution >= 4 is 16.0 Å². The van der Waals surface area contributed by atoms with Crippen molar-refractivity contribution in [2.24, 2.45) is 10.9 Å². The highest BCUT2D eigenvalue weighted by atomic mass is 32.2. The molecule has 0 aliphatic carbocycles. The van der Waals surface area contributed by atoms with E-state index in [2.05, 4.69) is 41.6 Å². The Morgan fingerprint density at radius 2 is 1.96 bits per heavy atom. The average Bonchev–Trinajstić information content (AvgIpc) is 2.58. The van der Waals surface area contributed by atoms with Crippen LogP contribution in [0, 0.1) is 12.8 Å². The number of hydrogen-bond donors (Lipinski definition) is 2. The van der Waals surface area contributed by atoms with Gasteiger partial charge in [0, 0.05) is 26.7 Å². The van der Waals surface area contributed by atoms with E-state index in [4.69, 9.17) is 0 Å². The summed E-state index contributed by atoms with van der Waals surface area (Å²) in [5, 5.41) is 6.81. The number of sulfonamides is 1. The zero-order valence-corrected chi connectivity index (χ0v) is 16.4. The van der Waals surface area contributed by atoms with Crippen LogP contribution in [0.25, 0.3) is 0 Å². The first-order valence-electron chi connectivity index (χ1n) is 8.79. The Bertz CT molecular complexity index is 695. The quantitative estimate of drug-likeness (QED) is 0.616. The molecule has 1 unspecified atom stereocenters. The van der Waals surface area contributed by atoms with Crippen LogP contribution in [0.5, 0.6) is 0 Å². The van der Waals surface area contributed by atoms with Gasteiger partial charge in [0.2, 0.25) is 10.0 Å². The molecule has 1 aliphatic rings. The van der Waals surface area contributed by atoms with Crippen LogP contribution >= 0.6 is 0 Å². The van der Waals surface area contributed by atoms with Crippen molar-refractivity contribution in [2.45, 2.75) is 32.7 Å². The van der Waals surface area contributed by atoms with Crippen molar-refractivity contribution in [3.63, 3.8) is 0 Å². The summed E-state index contributed by atoms with van der Waals surface area (Å²) in [6, 6.07) is 8.49. The van der Waals surface area contributed by atoms with Gasteiger partial charge in [0.15, 0.2) is 5.96 Å². The van der Waals surface area contributed by atoms with Gasteiger partial charge in [-0.2, -0.15) is 0 Å². The monoisotopic (exact) mass is 366 g/mol. The lowest BCUT2D eigenvalue weighted by Crippen LogP contribution is -2.44. The van der Waals surface area contributed by atoms with Gasteiger partial charge in [-0.3, -0.25) is 4.99 Å². The third-order valence-electron chi connectivity index (χ3n) is 4.83. The van der Waals surface area contributed by atoms with E-state index in [1.54, 1.807) is 11.4 Å². The van der Waals surface area contributed by atoms with E-state index >= 15 is 0 Å². The fourth-order valence-electron chi connectivity index (χ4n) is 3.24. The second-order valence-corrected chi connectivity index (χ2v) is 8.76. The lowest BCUT2D eigenvalue weighted by atomic mass is 9.98. The Hall–Kier alpha value is -1.60. The molecule has 0 amide bonds. The second kappa shape index (κ2) is 8.67. The minimum Gasteiger partial charge on any atom is -0.356 e. The van der Waals surface area contributed by atoms with E-state index in [1.807, 2.05) is 12.1 Å². The van der Waals surface area contributed by atoms with E-state index < -0.39 is 10.0 Å². The molecule has 0 radical (unpaired) electrons. The molecule has 1 aromatic carbocycles. The Labute approximate surface area is 151 Å². The van der Waals surface area contributed by atoms with Crippen molar-refractivity contribution in [1.29, 1.82) is 0 Å². The summed E-state index contributed by atoms with van der Waals surface area (Å²) in [5.74, 6) is 1.24. The molecule has 1 aromatic rings. The molecular formula is C18H30N4O2S. The molecule has 1 saturated heterocycles. The molecule has 25 heavy (non-hydrogen) atoms. The molecular weight excluding hydrogens is 336 g/mol. The minimum atomic E-state index is -3.06. The van der Waals surface area contributed by atoms with Gasteiger partial charge < -0.3 is 10.6 Å². The van der Waals surface area contributed by atoms with Crippen molar-refractivity contribution in [3.05, 3.63) is 35.4 Å². The van der Waals surface area contributed by atoms with Crippen LogP contribution in [-0.2, 0) is 10.0 Å². The largest absolute Gasteiger partial charge is 0.356 e. The Morgan fingerprint density at radius 3 is 2.52 bits per heavy atom. The smallest absolute Gasteiger partial charge is 0.211 e. The molecule has 1 fully saturated rings. The third kappa shape index (κ3) is 5.71. The van der Waals surface area contributed by atoms with Crippen molar-refractivity contribution < 1.29 is 8.42 Å². The van der Waals surface area contributed by atoms with Gasteiger partial charge in [-0.15, -0.1) is 0 Å². The summed E-state index contributed by atoms with van der Waals surface area (Å²) in [6.45, 7) is 6.25. The van der Waals surface area contributed by atoms with Crippen LogP contribution in [0.1, 0.15) is 36.9 Å². The molecule has 140 valence electrons. The van der Waals surface area contributed by atoms with Crippen LogP contribution in [0.4, 0.5) is 0 Å². The van der Waals surface area contributed by atoms with Crippen molar-refractivity contribution in [2.75, 3.05) is 32.9 Å². The topological polar surface area (TPSA) is 73.8 Å². The van der Waals surface area contributed by atoms with E-state index in [1.165, 1.54) is 17.4 Å². The maximum atomic E-state index is 11.6. The number of hydrogen-bond acceptors (Lipinski definition) is 3. The molecule has 2 N–H and O–H groups in total. The summed E-state index contributed by atoms with van der Waals surface area (Å²) in [5.41, 5.74) is 2.51. The Kier molecular flexibility index (Phi) is 6.84. The number of guanidine groups is 1. The predicted molar refractivity (Wildman–Crippen MR) is 103 cm³/mol. The van der Waals surface area contributed by atoms with Crippen LogP contribution in [0.15, 0.2) is 29.3 Å². The highest BCUT2D eigenvalue weighted by Gasteiger charge is 2.24. The summed E-state index contributed by atoms with van der Waals surface area (Å²) in [6.07, 6.45) is 3.04. The number of aliphatic imine (C=N–C) groups is 1. The highest BCUT2D eigenvalue weighted by Crippen LogP contribution is 2.19. The third-order valence-corrected chi connectivity index (χ3v) is 6.14. The molecule has 0 saturated carbocycles. The number of nitrogens with one attached hydrogen (secondary N) is 2. The van der Waals surface area contributed by atoms with Crippen molar-refractivity contribution in [1.82, 2.24) is 14.9 Å². The van der Waals surface area contributed by atoms with Crippen LogP contribution in [-0.4, -0.2) is 51.6 Å². The first-order chi connectivity index (χ1) is 11.8. The maximum absolute atomic E-state index is 11.6. The lowest BCUT2D eigenvalue weighted by molar-refractivity contribution is 0.274. The van der Waals surface area contributed by atoms with Crippen LogP contribution in [0.2, 0.25) is 0 Å². The minimum absolute atomic E-state index is 0.166. The summed E-state index contributed by atoms with van der Waals surface area (Å²) in [7, 11) is -1.29. The molecule has 2 rings (SSSR count). The number of rotatable bonds is 5. The first kappa shape index (κ1) is 19.7. The average molecular weight is 367 g/mol. The van der Waals surface area contributed by atoms with Gasteiger partial charge in [-0.1, -0.05) is 24.3 Å². The SMILES string of the molecule is CN=C(NCC1CCN(S(C)(=O)=O)CC1)NC(C)c1ccccc1C. The number of benzene rings is 1. The number of aryl methyl sites for hydroxylation is 1. The standard InChI is InChI=1S/C18H30N4O2S/c1-14-7-5-6-8-17(14)15(2)21-18(19-3)20-13-16-9-11-22(12-10-16)25(4,23)24/h5-8,15-16H,9-13H2,1-4H3,(H2,19,20,21). The molecule has 1 aliphatic heterocycles. The normalized spacial score (nSPS) is 18.8. The van der Waals surface area contributed by atoms with Gasteiger partial charge in [0.1, 0.15) is 0 Å². The van der Waals surface area contributed by atoms with E-state index in [0.29, 0.717) is 19.0 Å². The Morgan fingerprint density at radius 1 is 1.32 bits per heavy atom. The maximum Gasteiger partial charge on any atom is 0.211 e. The number of nitrogens with zero attached hydrogens (tertiary/aromatic N) is 2. The zero-order chi connectivity index (χ0) is 18.4. The highest BCUT2D eigenvalue weighted by molar-refractivity contribution is 7.88. The summed E-state index contributed by atoms with van der Waals surface area (Å²) < 4.78 is 24.7. The number of piperidine rings is 1. The molecule has 0 bridgehead atoms. The van der Waals surface area contributed by atoms with Crippen molar-refractivity contribution in [3.8, 4) is 0 Å². The van der Waals surface area contributed by atoms with Gasteiger partial charge >= 0.3 is 0 Å². The molecule has 0 aromatic heterocycles. The van der Waals surface area contributed by atoms with Gasteiger partial charge in [0.05, 0.1) is 12.3 Å². The molecule has 1 heterocycles. The fraction of sp³-hybridized carbons (Fsp3) is 0.611. The second-order valence-electron chi connectivity index (χ2n) is 6.78. The van der Waals surface area contributed by atoms with E-state index in [0.717, 1.165) is 25.3 Å². The predicted octanol–water partition coefficient (Wildman–Crippen LogP) is 1.89. The van der Waals surface area contributed by atoms with Gasteiger partial charge in [0.25, 0.3) is 0 Å². The molecule has 1 atom stereocenters. The van der Waals surface area contributed by atoms with E-state index in [9.17, 15) is 8.42 Å². The summed E-state index contributed by atoms with van der Waals surface area (Å²) >= 11 is 0. The fourth-order valence-corrected chi connectivity index (χ4v) is 4.11. The lowest BCUT2D eigenvalue weighted by Gasteiger charge is -2.30. The molecule has 6 nitrogen and oxygen atoms in total. The van der Waals surface area contributed by atoms with Crippen LogP contribution in [0.3, 0.4) is 0 Å². The van der Waals surface area contributed by atoms with Gasteiger partial charge in [-0.25, -0.2) is 12.7 Å². The Balaban J connectivity index is 1.82. The van der Waals surface area contributed by atoms with Crippen LogP contribution < -0.4 is 10.6 Å².